The molecule has 0 saturated carbocycles. The van der Waals surface area contributed by atoms with Gasteiger partial charge >= 0.3 is 6.18 Å². The van der Waals surface area contributed by atoms with E-state index in [0.717, 1.165) is 25.2 Å². The Labute approximate surface area is 186 Å². The Hall–Kier alpha value is -1.56. The van der Waals surface area contributed by atoms with Crippen LogP contribution in [0.5, 0.6) is 0 Å². The van der Waals surface area contributed by atoms with E-state index in [0.29, 0.717) is 37.1 Å². The Kier molecular flexibility index (Phi) is 10.2. The van der Waals surface area contributed by atoms with Crippen molar-refractivity contribution in [3.8, 4) is 0 Å². The smallest absolute Gasteiger partial charge is 0.381 e. The van der Waals surface area contributed by atoms with E-state index in [2.05, 4.69) is 10.3 Å². The second-order valence-electron chi connectivity index (χ2n) is 7.09. The van der Waals surface area contributed by atoms with E-state index >= 15 is 0 Å². The monoisotopic (exact) mass is 528 g/mol. The number of rotatable bonds is 6. The van der Waals surface area contributed by atoms with Gasteiger partial charge in [-0.3, -0.25) is 4.79 Å². The third-order valence-corrected chi connectivity index (χ3v) is 4.50. The Morgan fingerprint density at radius 3 is 2.41 bits per heavy atom. The molecular formula is C19H28F3IN4O2. The Morgan fingerprint density at radius 1 is 1.24 bits per heavy atom. The zero-order valence-corrected chi connectivity index (χ0v) is 19.2. The first-order valence-corrected chi connectivity index (χ1v) is 9.10. The van der Waals surface area contributed by atoms with Crippen molar-refractivity contribution in [3.63, 3.8) is 0 Å². The molecule has 1 saturated heterocycles. The van der Waals surface area contributed by atoms with Crippen LogP contribution in [0.15, 0.2) is 29.3 Å². The first kappa shape index (κ1) is 25.5. The number of guanidine groups is 1. The summed E-state index contributed by atoms with van der Waals surface area (Å²) < 4.78 is 43.5. The van der Waals surface area contributed by atoms with E-state index in [1.54, 1.807) is 26.0 Å². The summed E-state index contributed by atoms with van der Waals surface area (Å²) in [6.07, 6.45) is -3.39. The van der Waals surface area contributed by atoms with Crippen LogP contribution in [0.1, 0.15) is 17.5 Å². The third-order valence-electron chi connectivity index (χ3n) is 4.50. The molecule has 1 aliphatic rings. The molecule has 1 atom stereocenters. The lowest BCUT2D eigenvalue weighted by Crippen LogP contribution is -2.41. The fourth-order valence-corrected chi connectivity index (χ4v) is 2.72. The van der Waals surface area contributed by atoms with Gasteiger partial charge in [0.1, 0.15) is 6.54 Å². The number of nitrogens with one attached hydrogen (secondary N) is 1. The summed E-state index contributed by atoms with van der Waals surface area (Å²) in [7, 11) is 5.11. The topological polar surface area (TPSA) is 57.2 Å². The molecule has 1 unspecified atom stereocenters. The van der Waals surface area contributed by atoms with Crippen LogP contribution in [0.4, 0.5) is 13.2 Å². The van der Waals surface area contributed by atoms with Crippen LogP contribution in [-0.4, -0.2) is 69.1 Å². The van der Waals surface area contributed by atoms with Gasteiger partial charge in [0.05, 0.1) is 12.2 Å². The van der Waals surface area contributed by atoms with Gasteiger partial charge in [-0.1, -0.05) is 12.1 Å². The molecule has 0 aliphatic carbocycles. The predicted octanol–water partition coefficient (Wildman–Crippen LogP) is 2.83. The molecule has 1 aromatic carbocycles. The Bertz CT molecular complexity index is 675. The highest BCUT2D eigenvalue weighted by Crippen LogP contribution is 2.29. The minimum Gasteiger partial charge on any atom is -0.381 e. The van der Waals surface area contributed by atoms with Crippen LogP contribution in [0, 0.1) is 5.92 Å². The maximum atomic E-state index is 12.7. The number of likely N-dealkylation sites (N-methyl/N-ethyl adjacent to an activating group) is 1. The molecule has 1 N–H and O–H groups in total. The van der Waals surface area contributed by atoms with Crippen LogP contribution in [-0.2, 0) is 22.3 Å². The first-order chi connectivity index (χ1) is 13.2. The molecule has 0 bridgehead atoms. The summed E-state index contributed by atoms with van der Waals surface area (Å²) in [5.41, 5.74) is 0.0388. The highest BCUT2D eigenvalue weighted by Gasteiger charge is 2.30. The summed E-state index contributed by atoms with van der Waals surface area (Å²) in [6.45, 7) is 2.43. The Balaban J connectivity index is 0.00000420. The molecule has 2 rings (SSSR count). The van der Waals surface area contributed by atoms with Gasteiger partial charge in [0.2, 0.25) is 5.91 Å². The molecule has 1 amide bonds. The van der Waals surface area contributed by atoms with Gasteiger partial charge in [-0.15, -0.1) is 24.0 Å². The standard InChI is InChI=1S/C19H27F3N4O2.HI/c1-25(2)17(27)11-24-18(23-10-15-8-9-28-13-15)26(3)12-14-4-6-16(7-5-14)19(20,21)22;/h4-7,15H,8-13H2,1-3H3,(H,23,24);1H. The second kappa shape index (κ2) is 11.6. The van der Waals surface area contributed by atoms with Crippen LogP contribution in [0.2, 0.25) is 0 Å². The van der Waals surface area contributed by atoms with Crippen molar-refractivity contribution in [2.75, 3.05) is 47.4 Å². The molecule has 1 aliphatic heterocycles. The number of benzene rings is 1. The molecule has 29 heavy (non-hydrogen) atoms. The number of nitrogens with zero attached hydrogens (tertiary/aromatic N) is 3. The summed E-state index contributed by atoms with van der Waals surface area (Å²) in [4.78, 5) is 19.5. The molecule has 0 radical (unpaired) electrons. The lowest BCUT2D eigenvalue weighted by molar-refractivity contribution is -0.137. The van der Waals surface area contributed by atoms with Crippen molar-refractivity contribution in [2.24, 2.45) is 10.9 Å². The predicted molar refractivity (Wildman–Crippen MR) is 116 cm³/mol. The van der Waals surface area contributed by atoms with Crippen LogP contribution in [0.25, 0.3) is 0 Å². The number of carbonyl (C=O) groups excluding carboxylic acids is 1. The van der Waals surface area contributed by atoms with Crippen LogP contribution in [0.3, 0.4) is 0 Å². The van der Waals surface area contributed by atoms with Crippen molar-refractivity contribution < 1.29 is 22.7 Å². The quantitative estimate of drug-likeness (QED) is 0.351. The van der Waals surface area contributed by atoms with E-state index in [-0.39, 0.29) is 36.4 Å². The minimum absolute atomic E-state index is 0. The average Bonchev–Trinajstić information content (AvgIpc) is 3.14. The molecule has 1 aromatic rings. The number of aliphatic imine (C=N–C) groups is 1. The molecular weight excluding hydrogens is 500 g/mol. The van der Waals surface area contributed by atoms with E-state index in [4.69, 9.17) is 4.74 Å². The van der Waals surface area contributed by atoms with Crippen LogP contribution < -0.4 is 5.32 Å². The largest absolute Gasteiger partial charge is 0.416 e. The number of halogens is 4. The zero-order chi connectivity index (χ0) is 20.7. The fraction of sp³-hybridized carbons (Fsp3) is 0.579. The molecule has 6 nitrogen and oxygen atoms in total. The summed E-state index contributed by atoms with van der Waals surface area (Å²) in [5, 5.41) is 3.26. The average molecular weight is 528 g/mol. The number of hydrogen-bond donors (Lipinski definition) is 1. The first-order valence-electron chi connectivity index (χ1n) is 9.10. The SMILES string of the molecule is CN(C)C(=O)CN=C(NCC1CCOC1)N(C)Cc1ccc(C(F)(F)F)cc1.I. The summed E-state index contributed by atoms with van der Waals surface area (Å²) in [5.74, 6) is 0.766. The molecule has 0 spiro atoms. The zero-order valence-electron chi connectivity index (χ0n) is 16.8. The summed E-state index contributed by atoms with van der Waals surface area (Å²) in [6, 6.07) is 5.04. The van der Waals surface area contributed by atoms with Crippen molar-refractivity contribution >= 4 is 35.8 Å². The number of amides is 1. The summed E-state index contributed by atoms with van der Waals surface area (Å²) >= 11 is 0. The van der Waals surface area contributed by atoms with Crippen molar-refractivity contribution in [3.05, 3.63) is 35.4 Å². The third kappa shape index (κ3) is 8.37. The maximum absolute atomic E-state index is 12.7. The van der Waals surface area contributed by atoms with Gasteiger partial charge in [0, 0.05) is 46.8 Å². The van der Waals surface area contributed by atoms with Crippen molar-refractivity contribution in [1.29, 1.82) is 0 Å². The number of ether oxygens (including phenoxy) is 1. The van der Waals surface area contributed by atoms with Gasteiger partial charge in [-0.25, -0.2) is 4.99 Å². The van der Waals surface area contributed by atoms with Gasteiger partial charge < -0.3 is 19.9 Å². The molecule has 10 heteroatoms. The molecule has 1 heterocycles. The van der Waals surface area contributed by atoms with Gasteiger partial charge in [0.15, 0.2) is 5.96 Å². The molecule has 1 fully saturated rings. The Morgan fingerprint density at radius 2 is 1.90 bits per heavy atom. The van der Waals surface area contributed by atoms with Crippen molar-refractivity contribution in [2.45, 2.75) is 19.1 Å². The van der Waals surface area contributed by atoms with E-state index in [1.807, 2.05) is 0 Å². The van der Waals surface area contributed by atoms with Crippen LogP contribution >= 0.6 is 24.0 Å². The van der Waals surface area contributed by atoms with E-state index < -0.39 is 11.7 Å². The van der Waals surface area contributed by atoms with E-state index in [9.17, 15) is 18.0 Å². The normalized spacial score (nSPS) is 16.9. The number of hydrogen-bond acceptors (Lipinski definition) is 3. The molecule has 0 aromatic heterocycles. The number of alkyl halides is 3. The van der Waals surface area contributed by atoms with Gasteiger partial charge in [-0.2, -0.15) is 13.2 Å². The second-order valence-corrected chi connectivity index (χ2v) is 7.09. The highest BCUT2D eigenvalue weighted by atomic mass is 127. The van der Waals surface area contributed by atoms with Crippen molar-refractivity contribution in [1.82, 2.24) is 15.1 Å². The lowest BCUT2D eigenvalue weighted by atomic mass is 10.1. The van der Waals surface area contributed by atoms with Gasteiger partial charge in [-0.05, 0) is 24.1 Å². The fourth-order valence-electron chi connectivity index (χ4n) is 2.72. The highest BCUT2D eigenvalue weighted by molar-refractivity contribution is 14.0. The number of carbonyl (C=O) groups is 1. The van der Waals surface area contributed by atoms with Gasteiger partial charge in [0.25, 0.3) is 0 Å². The maximum Gasteiger partial charge on any atom is 0.416 e. The van der Waals surface area contributed by atoms with E-state index in [1.165, 1.54) is 17.0 Å². The lowest BCUT2D eigenvalue weighted by Gasteiger charge is -2.24. The molecule has 164 valence electrons. The minimum atomic E-state index is -4.35.